The van der Waals surface area contributed by atoms with E-state index in [4.69, 9.17) is 23.2 Å². The van der Waals surface area contributed by atoms with Gasteiger partial charge in [-0.25, -0.2) is 0 Å². The van der Waals surface area contributed by atoms with Crippen molar-refractivity contribution in [2.24, 2.45) is 0 Å². The molecule has 94 valence electrons. The smallest absolute Gasteiger partial charge is 0.196 e. The standard InChI is InChI=1S/C15H8Cl2O2/c16-15(17)14(19)11-7-3-6-9-8-4-1-2-5-10(8)13(18)12(9)11/h1-7,15H. The number of rotatable bonds is 2. The van der Waals surface area contributed by atoms with E-state index in [-0.39, 0.29) is 11.3 Å². The first kappa shape index (κ1) is 12.4. The lowest BCUT2D eigenvalue weighted by Gasteiger charge is -2.06. The molecule has 0 aliphatic heterocycles. The maximum absolute atomic E-state index is 12.4. The highest BCUT2D eigenvalue weighted by Gasteiger charge is 2.31. The zero-order valence-corrected chi connectivity index (χ0v) is 11.2. The summed E-state index contributed by atoms with van der Waals surface area (Å²) in [5.74, 6) is -0.593. The number of alkyl halides is 2. The van der Waals surface area contributed by atoms with E-state index in [1.165, 1.54) is 0 Å². The van der Waals surface area contributed by atoms with Crippen molar-refractivity contribution in [2.75, 3.05) is 0 Å². The second-order valence-electron chi connectivity index (χ2n) is 4.27. The SMILES string of the molecule is O=C1c2ccccc2-c2cccc(C(=O)C(Cl)Cl)c21. The maximum atomic E-state index is 12.4. The van der Waals surface area contributed by atoms with Gasteiger partial charge in [0.25, 0.3) is 0 Å². The van der Waals surface area contributed by atoms with Crippen molar-refractivity contribution in [3.05, 3.63) is 59.2 Å². The molecule has 0 heterocycles. The summed E-state index contributed by atoms with van der Waals surface area (Å²) in [6.45, 7) is 0. The number of benzene rings is 2. The van der Waals surface area contributed by atoms with Crippen molar-refractivity contribution in [3.63, 3.8) is 0 Å². The first-order valence-corrected chi connectivity index (χ1v) is 6.58. The van der Waals surface area contributed by atoms with Gasteiger partial charge in [0.05, 0.1) is 0 Å². The van der Waals surface area contributed by atoms with Gasteiger partial charge < -0.3 is 0 Å². The molecule has 0 saturated carbocycles. The number of ketones is 2. The summed E-state index contributed by atoms with van der Waals surface area (Å²) in [5, 5.41) is 0. The van der Waals surface area contributed by atoms with Crippen LogP contribution in [0.5, 0.6) is 0 Å². The Morgan fingerprint density at radius 1 is 0.895 bits per heavy atom. The van der Waals surface area contributed by atoms with Crippen molar-refractivity contribution >= 4 is 34.8 Å². The molecule has 0 fully saturated rings. The van der Waals surface area contributed by atoms with Crippen LogP contribution in [0.15, 0.2) is 42.5 Å². The molecule has 2 aromatic carbocycles. The van der Waals surface area contributed by atoms with Gasteiger partial charge in [-0.15, -0.1) is 0 Å². The molecule has 0 spiro atoms. The highest BCUT2D eigenvalue weighted by molar-refractivity contribution is 6.55. The summed E-state index contributed by atoms with van der Waals surface area (Å²) >= 11 is 11.3. The van der Waals surface area contributed by atoms with Gasteiger partial charge in [0, 0.05) is 16.7 Å². The third-order valence-corrected chi connectivity index (χ3v) is 3.61. The van der Waals surface area contributed by atoms with Crippen LogP contribution >= 0.6 is 23.2 Å². The van der Waals surface area contributed by atoms with E-state index in [0.29, 0.717) is 11.1 Å². The zero-order chi connectivity index (χ0) is 13.6. The van der Waals surface area contributed by atoms with Crippen molar-refractivity contribution in [3.8, 4) is 11.1 Å². The Kier molecular flexibility index (Phi) is 2.92. The van der Waals surface area contributed by atoms with Crippen molar-refractivity contribution < 1.29 is 9.59 Å². The lowest BCUT2D eigenvalue weighted by atomic mass is 9.98. The number of Topliss-reactive ketones (excluding diaryl/α,β-unsaturated/α-hetero) is 1. The Bertz CT molecular complexity index is 705. The van der Waals surface area contributed by atoms with Crippen LogP contribution in [0.25, 0.3) is 11.1 Å². The quantitative estimate of drug-likeness (QED) is 0.530. The normalized spacial score (nSPS) is 12.5. The van der Waals surface area contributed by atoms with Gasteiger partial charge in [0.1, 0.15) is 0 Å². The summed E-state index contributed by atoms with van der Waals surface area (Å²) in [6.07, 6.45) is 0. The Morgan fingerprint density at radius 2 is 1.53 bits per heavy atom. The highest BCUT2D eigenvalue weighted by atomic mass is 35.5. The van der Waals surface area contributed by atoms with Crippen LogP contribution in [0.1, 0.15) is 26.3 Å². The fraction of sp³-hybridized carbons (Fsp3) is 0.0667. The number of carbonyl (C=O) groups is 2. The predicted octanol–water partition coefficient (Wildman–Crippen LogP) is 3.88. The largest absolute Gasteiger partial charge is 0.291 e. The molecule has 0 aromatic heterocycles. The lowest BCUT2D eigenvalue weighted by molar-refractivity contribution is 0.0988. The molecule has 19 heavy (non-hydrogen) atoms. The number of hydrogen-bond donors (Lipinski definition) is 0. The number of fused-ring (bicyclic) bond motifs is 3. The molecule has 4 heteroatoms. The third kappa shape index (κ3) is 1.79. The second kappa shape index (κ2) is 4.48. The molecule has 0 N–H and O–H groups in total. The summed E-state index contributed by atoms with van der Waals surface area (Å²) in [6, 6.07) is 12.4. The van der Waals surface area contributed by atoms with Gasteiger partial charge in [-0.2, -0.15) is 0 Å². The second-order valence-corrected chi connectivity index (χ2v) is 5.36. The average Bonchev–Trinajstić information content (AvgIpc) is 2.72. The van der Waals surface area contributed by atoms with E-state index in [1.54, 1.807) is 24.3 Å². The maximum Gasteiger partial charge on any atom is 0.196 e. The van der Waals surface area contributed by atoms with Crippen molar-refractivity contribution in [1.82, 2.24) is 0 Å². The minimum absolute atomic E-state index is 0.150. The molecule has 2 nitrogen and oxygen atoms in total. The minimum Gasteiger partial charge on any atom is -0.291 e. The average molecular weight is 291 g/mol. The van der Waals surface area contributed by atoms with Crippen molar-refractivity contribution in [2.45, 2.75) is 4.84 Å². The molecule has 0 unspecified atom stereocenters. The van der Waals surface area contributed by atoms with Gasteiger partial charge in [-0.3, -0.25) is 9.59 Å². The van der Waals surface area contributed by atoms with Crippen LogP contribution in [0.3, 0.4) is 0 Å². The van der Waals surface area contributed by atoms with Crippen LogP contribution in [0.4, 0.5) is 0 Å². The number of carbonyl (C=O) groups excluding carboxylic acids is 2. The Balaban J connectivity index is 2.27. The molecular weight excluding hydrogens is 283 g/mol. The number of hydrogen-bond acceptors (Lipinski definition) is 2. The summed E-state index contributed by atoms with van der Waals surface area (Å²) in [7, 11) is 0. The van der Waals surface area contributed by atoms with E-state index >= 15 is 0 Å². The van der Waals surface area contributed by atoms with Crippen LogP contribution < -0.4 is 0 Å². The zero-order valence-electron chi connectivity index (χ0n) is 9.69. The van der Waals surface area contributed by atoms with E-state index in [0.717, 1.165) is 11.1 Å². The van der Waals surface area contributed by atoms with Gasteiger partial charge in [0.2, 0.25) is 0 Å². The molecular formula is C15H8Cl2O2. The van der Waals surface area contributed by atoms with E-state index in [2.05, 4.69) is 0 Å². The molecule has 0 atom stereocenters. The van der Waals surface area contributed by atoms with Gasteiger partial charge in [-0.05, 0) is 11.1 Å². The van der Waals surface area contributed by atoms with Crippen LogP contribution in [0, 0.1) is 0 Å². The fourth-order valence-electron chi connectivity index (χ4n) is 2.39. The molecule has 2 aromatic rings. The van der Waals surface area contributed by atoms with Crippen molar-refractivity contribution in [1.29, 1.82) is 0 Å². The minimum atomic E-state index is -1.16. The van der Waals surface area contributed by atoms with Crippen LogP contribution in [-0.2, 0) is 0 Å². The number of halogens is 2. The fourth-order valence-corrected chi connectivity index (χ4v) is 2.63. The Labute approximate surface area is 120 Å². The van der Waals surface area contributed by atoms with Crippen LogP contribution in [-0.4, -0.2) is 16.4 Å². The molecule has 0 amide bonds. The molecule has 0 bridgehead atoms. The lowest BCUT2D eigenvalue weighted by Crippen LogP contribution is -2.13. The molecule has 0 radical (unpaired) electrons. The Hall–Kier alpha value is -1.64. The molecule has 0 saturated heterocycles. The predicted molar refractivity (Wildman–Crippen MR) is 75.1 cm³/mol. The third-order valence-electron chi connectivity index (χ3n) is 3.22. The van der Waals surface area contributed by atoms with E-state index in [9.17, 15) is 9.59 Å². The first-order valence-electron chi connectivity index (χ1n) is 5.70. The summed E-state index contributed by atoms with van der Waals surface area (Å²) in [4.78, 5) is 23.2. The monoisotopic (exact) mass is 290 g/mol. The summed E-state index contributed by atoms with van der Waals surface area (Å²) < 4.78 is 0. The molecule has 1 aliphatic carbocycles. The van der Waals surface area contributed by atoms with Crippen LogP contribution in [0.2, 0.25) is 0 Å². The first-order chi connectivity index (χ1) is 9.11. The van der Waals surface area contributed by atoms with Gasteiger partial charge >= 0.3 is 0 Å². The van der Waals surface area contributed by atoms with Gasteiger partial charge in [-0.1, -0.05) is 65.7 Å². The van der Waals surface area contributed by atoms with E-state index < -0.39 is 10.6 Å². The topological polar surface area (TPSA) is 34.1 Å². The van der Waals surface area contributed by atoms with Gasteiger partial charge in [0.15, 0.2) is 16.4 Å². The highest BCUT2D eigenvalue weighted by Crippen LogP contribution is 2.38. The molecule has 1 aliphatic rings. The summed E-state index contributed by atoms with van der Waals surface area (Å²) in [5.41, 5.74) is 2.91. The van der Waals surface area contributed by atoms with E-state index in [1.807, 2.05) is 18.2 Å². The Morgan fingerprint density at radius 3 is 2.21 bits per heavy atom. The molecule has 3 rings (SSSR count).